The minimum atomic E-state index is -0.422. The molecular formula is C11H15NO. The molecule has 1 aromatic rings. The summed E-state index contributed by atoms with van der Waals surface area (Å²) in [6, 6.07) is 9.53. The third-order valence-electron chi connectivity index (χ3n) is 1.24. The summed E-state index contributed by atoms with van der Waals surface area (Å²) in [4.78, 5) is 10.3. The van der Waals surface area contributed by atoms with Crippen molar-refractivity contribution in [2.45, 2.75) is 13.8 Å². The van der Waals surface area contributed by atoms with Crippen LogP contribution in [0.3, 0.4) is 0 Å². The summed E-state index contributed by atoms with van der Waals surface area (Å²) >= 11 is 0. The number of primary amides is 1. The van der Waals surface area contributed by atoms with Crippen LogP contribution in [0, 0.1) is 0 Å². The Morgan fingerprint density at radius 3 is 2.23 bits per heavy atom. The number of carbonyl (C=O) groups excluding carboxylic acids is 1. The van der Waals surface area contributed by atoms with Gasteiger partial charge in [-0.15, -0.1) is 0 Å². The van der Waals surface area contributed by atoms with Crippen LogP contribution in [0.2, 0.25) is 0 Å². The van der Waals surface area contributed by atoms with Crippen LogP contribution in [-0.4, -0.2) is 5.91 Å². The Morgan fingerprint density at radius 2 is 1.77 bits per heavy atom. The SMILES string of the molecule is CC.NC(=O)C=Cc1ccccc1. The van der Waals surface area contributed by atoms with Crippen LogP contribution >= 0.6 is 0 Å². The Kier molecular flexibility index (Phi) is 6.24. The number of hydrogen-bond donors (Lipinski definition) is 1. The van der Waals surface area contributed by atoms with Crippen LogP contribution < -0.4 is 5.73 Å². The number of carbonyl (C=O) groups is 1. The monoisotopic (exact) mass is 177 g/mol. The lowest BCUT2D eigenvalue weighted by atomic mass is 10.2. The lowest BCUT2D eigenvalue weighted by Gasteiger charge is -1.88. The van der Waals surface area contributed by atoms with Gasteiger partial charge in [0.1, 0.15) is 0 Å². The molecule has 0 saturated heterocycles. The van der Waals surface area contributed by atoms with Crippen LogP contribution in [0.1, 0.15) is 19.4 Å². The van der Waals surface area contributed by atoms with Crippen molar-refractivity contribution in [2.24, 2.45) is 5.73 Å². The highest BCUT2D eigenvalue weighted by molar-refractivity contribution is 5.90. The second-order valence-electron chi connectivity index (χ2n) is 2.15. The van der Waals surface area contributed by atoms with Crippen molar-refractivity contribution in [3.8, 4) is 0 Å². The van der Waals surface area contributed by atoms with Crippen molar-refractivity contribution in [2.75, 3.05) is 0 Å². The zero-order valence-electron chi connectivity index (χ0n) is 8.03. The van der Waals surface area contributed by atoms with Crippen LogP contribution in [0.4, 0.5) is 0 Å². The maximum atomic E-state index is 10.3. The molecule has 0 saturated carbocycles. The van der Waals surface area contributed by atoms with Crippen LogP contribution in [0.25, 0.3) is 6.08 Å². The van der Waals surface area contributed by atoms with Crippen LogP contribution in [0.15, 0.2) is 36.4 Å². The second kappa shape index (κ2) is 7.10. The van der Waals surface area contributed by atoms with Crippen molar-refractivity contribution in [3.05, 3.63) is 42.0 Å². The van der Waals surface area contributed by atoms with Gasteiger partial charge in [0.15, 0.2) is 0 Å². The molecule has 13 heavy (non-hydrogen) atoms. The summed E-state index contributed by atoms with van der Waals surface area (Å²) in [5.74, 6) is -0.422. The molecule has 0 heterocycles. The van der Waals surface area contributed by atoms with Crippen LogP contribution in [0.5, 0.6) is 0 Å². The first kappa shape index (κ1) is 11.4. The van der Waals surface area contributed by atoms with E-state index in [2.05, 4.69) is 0 Å². The molecule has 1 rings (SSSR count). The van der Waals surface area contributed by atoms with Gasteiger partial charge in [0.25, 0.3) is 0 Å². The quantitative estimate of drug-likeness (QED) is 0.691. The topological polar surface area (TPSA) is 43.1 Å². The van der Waals surface area contributed by atoms with E-state index in [4.69, 9.17) is 5.73 Å². The summed E-state index contributed by atoms with van der Waals surface area (Å²) < 4.78 is 0. The molecule has 0 fully saturated rings. The molecule has 0 unspecified atom stereocenters. The number of amides is 1. The van der Waals surface area contributed by atoms with Crippen molar-refractivity contribution in [1.82, 2.24) is 0 Å². The third kappa shape index (κ3) is 5.67. The summed E-state index contributed by atoms with van der Waals surface area (Å²) in [5, 5.41) is 0. The average molecular weight is 177 g/mol. The van der Waals surface area contributed by atoms with E-state index in [9.17, 15) is 4.79 Å². The van der Waals surface area contributed by atoms with Gasteiger partial charge < -0.3 is 5.73 Å². The molecule has 0 aliphatic rings. The van der Waals surface area contributed by atoms with E-state index in [0.29, 0.717) is 0 Å². The van der Waals surface area contributed by atoms with Gasteiger partial charge in [-0.25, -0.2) is 0 Å². The van der Waals surface area contributed by atoms with E-state index in [0.717, 1.165) is 5.56 Å². The van der Waals surface area contributed by atoms with Crippen molar-refractivity contribution >= 4 is 12.0 Å². The smallest absolute Gasteiger partial charge is 0.241 e. The first-order chi connectivity index (χ1) is 6.29. The van der Waals surface area contributed by atoms with E-state index in [1.54, 1.807) is 6.08 Å². The maximum Gasteiger partial charge on any atom is 0.241 e. The fourth-order valence-corrected chi connectivity index (χ4v) is 0.743. The molecular weight excluding hydrogens is 162 g/mol. The highest BCUT2D eigenvalue weighted by atomic mass is 16.1. The van der Waals surface area contributed by atoms with E-state index >= 15 is 0 Å². The molecule has 70 valence electrons. The summed E-state index contributed by atoms with van der Waals surface area (Å²) in [6.45, 7) is 4.00. The molecule has 1 aromatic carbocycles. The molecule has 0 bridgehead atoms. The van der Waals surface area contributed by atoms with Crippen molar-refractivity contribution in [1.29, 1.82) is 0 Å². The number of rotatable bonds is 2. The van der Waals surface area contributed by atoms with E-state index in [1.165, 1.54) is 6.08 Å². The van der Waals surface area contributed by atoms with Gasteiger partial charge in [0.05, 0.1) is 0 Å². The second-order valence-corrected chi connectivity index (χ2v) is 2.15. The third-order valence-corrected chi connectivity index (χ3v) is 1.24. The van der Waals surface area contributed by atoms with Gasteiger partial charge in [-0.05, 0) is 11.6 Å². The molecule has 1 amide bonds. The lowest BCUT2D eigenvalue weighted by molar-refractivity contribution is -0.113. The highest BCUT2D eigenvalue weighted by Crippen LogP contribution is 1.99. The summed E-state index contributed by atoms with van der Waals surface area (Å²) in [7, 11) is 0. The van der Waals surface area contributed by atoms with E-state index in [-0.39, 0.29) is 0 Å². The molecule has 2 nitrogen and oxygen atoms in total. The van der Waals surface area contributed by atoms with E-state index in [1.807, 2.05) is 44.2 Å². The van der Waals surface area contributed by atoms with E-state index < -0.39 is 5.91 Å². The zero-order chi connectivity index (χ0) is 10.1. The first-order valence-electron chi connectivity index (χ1n) is 4.31. The molecule has 0 spiro atoms. The largest absolute Gasteiger partial charge is 0.366 e. The molecule has 0 aliphatic heterocycles. The Labute approximate surface area is 79.1 Å². The maximum absolute atomic E-state index is 10.3. The van der Waals surface area contributed by atoms with Crippen LogP contribution in [-0.2, 0) is 4.79 Å². The van der Waals surface area contributed by atoms with Gasteiger partial charge in [-0.3, -0.25) is 4.79 Å². The molecule has 0 aromatic heterocycles. The van der Waals surface area contributed by atoms with Gasteiger partial charge in [0, 0.05) is 6.08 Å². The number of hydrogen-bond acceptors (Lipinski definition) is 1. The fraction of sp³-hybridized carbons (Fsp3) is 0.182. The van der Waals surface area contributed by atoms with Gasteiger partial charge >= 0.3 is 0 Å². The number of nitrogens with two attached hydrogens (primary N) is 1. The molecule has 0 aliphatic carbocycles. The summed E-state index contributed by atoms with van der Waals surface area (Å²) in [6.07, 6.45) is 3.03. The zero-order valence-corrected chi connectivity index (χ0v) is 8.03. The Bertz CT molecular complexity index is 265. The first-order valence-corrected chi connectivity index (χ1v) is 4.31. The van der Waals surface area contributed by atoms with Crippen molar-refractivity contribution in [3.63, 3.8) is 0 Å². The predicted octanol–water partition coefficient (Wildman–Crippen LogP) is 2.21. The minimum absolute atomic E-state index is 0.422. The molecule has 0 atom stereocenters. The normalized spacial score (nSPS) is 9.08. The molecule has 2 heteroatoms. The molecule has 2 N–H and O–H groups in total. The molecule has 0 radical (unpaired) electrons. The summed E-state index contributed by atoms with van der Waals surface area (Å²) in [5.41, 5.74) is 5.89. The lowest BCUT2D eigenvalue weighted by Crippen LogP contribution is -2.04. The Hall–Kier alpha value is -1.57. The van der Waals surface area contributed by atoms with Gasteiger partial charge in [-0.2, -0.15) is 0 Å². The van der Waals surface area contributed by atoms with Gasteiger partial charge in [-0.1, -0.05) is 44.2 Å². The van der Waals surface area contributed by atoms with Gasteiger partial charge in [0.2, 0.25) is 5.91 Å². The van der Waals surface area contributed by atoms with Crippen molar-refractivity contribution < 1.29 is 4.79 Å². The fourth-order valence-electron chi connectivity index (χ4n) is 0.743. The Morgan fingerprint density at radius 1 is 1.23 bits per heavy atom. The average Bonchev–Trinajstić information content (AvgIpc) is 2.19. The highest BCUT2D eigenvalue weighted by Gasteiger charge is 1.84. The standard InChI is InChI=1S/C9H9NO.C2H6/c10-9(11)7-6-8-4-2-1-3-5-8;1-2/h1-7H,(H2,10,11);1-2H3. The predicted molar refractivity (Wildman–Crippen MR) is 56.0 cm³/mol. The minimum Gasteiger partial charge on any atom is -0.366 e. The Balaban J connectivity index is 0.000000671. The number of benzene rings is 1.